The Labute approximate surface area is 85.1 Å². The zero-order valence-corrected chi connectivity index (χ0v) is 3.82. The van der Waals surface area contributed by atoms with E-state index in [0.717, 1.165) is 0 Å². The second-order valence-electron chi connectivity index (χ2n) is 0.159. The molecule has 0 amide bonds. The first-order valence-electron chi connectivity index (χ1n) is 0.563. The second kappa shape index (κ2) is 9.23. The van der Waals surface area contributed by atoms with E-state index < -0.39 is 0 Å². The van der Waals surface area contributed by atoms with Crippen LogP contribution in [0, 0.1) is 0 Å². The molecule has 0 saturated carbocycles. The van der Waals surface area contributed by atoms with Crippen LogP contribution in [0.5, 0.6) is 0 Å². The Balaban J connectivity index is 0. The van der Waals surface area contributed by atoms with Gasteiger partial charge in [0, 0.05) is 0 Å². The van der Waals surface area contributed by atoms with Crippen molar-refractivity contribution in [1.82, 2.24) is 0 Å². The summed E-state index contributed by atoms with van der Waals surface area (Å²) in [5, 5.41) is 0. The van der Waals surface area contributed by atoms with Crippen molar-refractivity contribution in [3.63, 3.8) is 0 Å². The van der Waals surface area contributed by atoms with E-state index in [0.29, 0.717) is 0 Å². The minimum atomic E-state index is 0. The van der Waals surface area contributed by atoms with Crippen molar-refractivity contribution < 1.29 is 26.1 Å². The number of hydrogen-bond donors (Lipinski definition) is 0. The van der Waals surface area contributed by atoms with Crippen LogP contribution in [0.4, 0.5) is 0 Å². The van der Waals surface area contributed by atoms with E-state index in [1.807, 2.05) is 0 Å². The standard InChI is InChI=1S/CNO.Au.K.H/c2-1-3;;;/q-1;+1;;. The summed E-state index contributed by atoms with van der Waals surface area (Å²) in [6.45, 7) is 0. The van der Waals surface area contributed by atoms with E-state index in [1.165, 1.54) is 6.08 Å². The molecule has 0 saturated heterocycles. The predicted molar refractivity (Wildman–Crippen MR) is 15.3 cm³/mol. The van der Waals surface area contributed by atoms with Crippen molar-refractivity contribution >= 4 is 57.5 Å². The topological polar surface area (TPSA) is 29.4 Å². The third-order valence-electron chi connectivity index (χ3n) is 0.0275. The minimum absolute atomic E-state index is 0. The molecular weight excluding hydrogens is 278 g/mol. The summed E-state index contributed by atoms with van der Waals surface area (Å²) in [4.78, 5) is 8.87. The van der Waals surface area contributed by atoms with Gasteiger partial charge in [-0.15, -0.1) is 0 Å². The molecule has 4 heteroatoms. The van der Waals surface area contributed by atoms with Crippen LogP contribution in [0.15, 0.2) is 3.40 Å². The summed E-state index contributed by atoms with van der Waals surface area (Å²) in [6, 6.07) is 0. The molecule has 0 radical (unpaired) electrons. The molecule has 0 bridgehead atoms. The van der Waals surface area contributed by atoms with Crippen molar-refractivity contribution in [2.75, 3.05) is 0 Å². The van der Waals surface area contributed by atoms with Crippen LogP contribution >= 0.6 is 0 Å². The van der Waals surface area contributed by atoms with Gasteiger partial charge < -0.3 is 0 Å². The Bertz CT molecular complexity index is 49.6. The van der Waals surface area contributed by atoms with E-state index in [-0.39, 0.29) is 51.4 Å². The molecule has 0 atom stereocenters. The van der Waals surface area contributed by atoms with Crippen LogP contribution in [-0.4, -0.2) is 57.5 Å². The number of hydrogen-bond acceptors (Lipinski definition) is 2. The molecule has 0 aliphatic rings. The third-order valence-corrected chi connectivity index (χ3v) is 0.225. The molecule has 0 aromatic carbocycles. The van der Waals surface area contributed by atoms with Crippen LogP contribution in [0.1, 0.15) is 0 Å². The second-order valence-corrected chi connectivity index (χ2v) is 0.643. The van der Waals surface area contributed by atoms with Crippen LogP contribution in [-0.2, 0) is 26.1 Å². The number of rotatable bonds is 0. The Hall–Kier alpha value is 1.76. The van der Waals surface area contributed by atoms with Gasteiger partial charge in [-0.05, 0) is 0 Å². The number of nitrogens with zero attached hydrogens (tertiary/aromatic N) is 1. The molecule has 0 N–H and O–H groups in total. The molecule has 0 aliphatic heterocycles. The van der Waals surface area contributed by atoms with E-state index in [1.54, 1.807) is 21.3 Å². The summed E-state index contributed by atoms with van der Waals surface area (Å²) in [5.74, 6) is 0. The third kappa shape index (κ3) is 10.7. The van der Waals surface area contributed by atoms with Crippen molar-refractivity contribution in [2.45, 2.75) is 0 Å². The molecule has 0 aromatic heterocycles. The van der Waals surface area contributed by atoms with Crippen molar-refractivity contribution in [3.05, 3.63) is 0 Å². The van der Waals surface area contributed by atoms with Gasteiger partial charge >= 0.3 is 87.0 Å². The molecule has 0 aromatic rings. The van der Waals surface area contributed by atoms with Gasteiger partial charge in [-0.1, -0.05) is 0 Å². The van der Waals surface area contributed by atoms with Gasteiger partial charge in [0.25, 0.3) is 0 Å². The van der Waals surface area contributed by atoms with Gasteiger partial charge in [-0.3, -0.25) is 0 Å². The summed E-state index contributed by atoms with van der Waals surface area (Å²) in [7, 11) is 0. The predicted octanol–water partition coefficient (Wildman–Crippen LogP) is -0.865. The fourth-order valence-electron chi connectivity index (χ4n) is 0. The van der Waals surface area contributed by atoms with Gasteiger partial charge in [0.15, 0.2) is 0 Å². The summed E-state index contributed by atoms with van der Waals surface area (Å²) in [5.41, 5.74) is 0. The van der Waals surface area contributed by atoms with Gasteiger partial charge in [0.1, 0.15) is 0 Å². The Kier molecular flexibility index (Phi) is 18.3. The Morgan fingerprint density at radius 1 is 1.80 bits per heavy atom. The summed E-state index contributed by atoms with van der Waals surface area (Å²) >= 11 is 1.70. The maximum absolute atomic E-state index is 8.87. The Morgan fingerprint density at radius 2 is 2.00 bits per heavy atom. The van der Waals surface area contributed by atoms with Crippen LogP contribution in [0.2, 0.25) is 0 Å². The van der Waals surface area contributed by atoms with Crippen LogP contribution < -0.4 is 0 Å². The van der Waals surface area contributed by atoms with Gasteiger partial charge in [-0.2, -0.15) is 0 Å². The molecule has 0 heterocycles. The fraction of sp³-hybridized carbons (Fsp3) is 0. The first-order chi connectivity index (χ1) is 1.91. The zero-order valence-electron chi connectivity index (χ0n) is 1.66. The van der Waals surface area contributed by atoms with E-state index in [2.05, 4.69) is 3.40 Å². The van der Waals surface area contributed by atoms with Gasteiger partial charge in [0.05, 0.1) is 0 Å². The van der Waals surface area contributed by atoms with E-state index in [4.69, 9.17) is 4.79 Å². The number of carbonyl (C=O) groups excluding carboxylic acids is 1. The molecule has 0 aliphatic carbocycles. The average molecular weight is 279 g/mol. The molecule has 0 fully saturated rings. The van der Waals surface area contributed by atoms with Gasteiger partial charge in [0.2, 0.25) is 0 Å². The van der Waals surface area contributed by atoms with E-state index >= 15 is 0 Å². The molecule has 28 valence electrons. The fourth-order valence-corrected chi connectivity index (χ4v) is 0. The first kappa shape index (κ1) is 9.90. The van der Waals surface area contributed by atoms with Crippen molar-refractivity contribution in [1.29, 1.82) is 0 Å². The molecule has 0 spiro atoms. The monoisotopic (exact) mass is 279 g/mol. The SMILES string of the molecule is O=C=[N][Au].[KH]. The normalized spacial score (nSPS) is 3.60. The van der Waals surface area contributed by atoms with Gasteiger partial charge in [-0.25, -0.2) is 0 Å². The molecular formula is CHAuKNO. The van der Waals surface area contributed by atoms with Crippen LogP contribution in [0.25, 0.3) is 0 Å². The number of isocyanates is 1. The maximum atomic E-state index is 8.87. The summed E-state index contributed by atoms with van der Waals surface area (Å²) in [6.07, 6.45) is 1.28. The molecule has 0 rings (SSSR count). The molecule has 5 heavy (non-hydrogen) atoms. The summed E-state index contributed by atoms with van der Waals surface area (Å²) < 4.78 is 2.88. The Morgan fingerprint density at radius 3 is 2.00 bits per heavy atom. The average Bonchev–Trinajstić information content (AvgIpc) is 1.37. The van der Waals surface area contributed by atoms with E-state index in [9.17, 15) is 0 Å². The molecule has 2 nitrogen and oxygen atoms in total. The van der Waals surface area contributed by atoms with Crippen molar-refractivity contribution in [2.24, 2.45) is 3.40 Å². The quantitative estimate of drug-likeness (QED) is 0.322. The zero-order chi connectivity index (χ0) is 3.41. The van der Waals surface area contributed by atoms with Crippen LogP contribution in [0.3, 0.4) is 0 Å². The molecule has 0 unspecified atom stereocenters. The van der Waals surface area contributed by atoms with Crippen molar-refractivity contribution in [3.8, 4) is 0 Å². The first-order valence-corrected chi connectivity index (χ1v) is 1.53.